The van der Waals surface area contributed by atoms with E-state index in [1.165, 1.54) is 23.6 Å². The number of rotatable bonds is 9. The molecule has 0 saturated carbocycles. The molecule has 11 heteroatoms. The number of thiazole rings is 1. The monoisotopic (exact) mass is 490 g/mol. The molecule has 7 nitrogen and oxygen atoms in total. The summed E-state index contributed by atoms with van der Waals surface area (Å²) in [6.45, 7) is -0.304. The van der Waals surface area contributed by atoms with Gasteiger partial charge in [-0.3, -0.25) is 14.4 Å². The van der Waals surface area contributed by atoms with Gasteiger partial charge < -0.3 is 15.5 Å². The lowest BCUT2D eigenvalue weighted by molar-refractivity contribution is -0.137. The highest BCUT2D eigenvalue weighted by atomic mass is 32.1. The summed E-state index contributed by atoms with van der Waals surface area (Å²) in [5.74, 6) is -1.69. The van der Waals surface area contributed by atoms with E-state index in [9.17, 15) is 27.6 Å². The highest BCUT2D eigenvalue weighted by molar-refractivity contribution is 7.13. The van der Waals surface area contributed by atoms with Crippen LogP contribution in [-0.2, 0) is 27.1 Å². The van der Waals surface area contributed by atoms with E-state index in [1.807, 2.05) is 6.07 Å². The quantitative estimate of drug-likeness (QED) is 0.470. The maximum Gasteiger partial charge on any atom is 0.416 e. The Morgan fingerprint density at radius 1 is 0.971 bits per heavy atom. The predicted molar refractivity (Wildman–Crippen MR) is 122 cm³/mol. The van der Waals surface area contributed by atoms with E-state index < -0.39 is 36.0 Å². The number of alkyl halides is 3. The Hall–Kier alpha value is -3.73. The fourth-order valence-electron chi connectivity index (χ4n) is 2.99. The lowest BCUT2D eigenvalue weighted by atomic mass is 10.1. The molecule has 0 unspecified atom stereocenters. The van der Waals surface area contributed by atoms with Crippen molar-refractivity contribution in [3.8, 4) is 0 Å². The fraction of sp³-hybridized carbons (Fsp3) is 0.217. The van der Waals surface area contributed by atoms with Crippen molar-refractivity contribution in [3.63, 3.8) is 0 Å². The van der Waals surface area contributed by atoms with E-state index in [0.29, 0.717) is 5.13 Å². The number of halogens is 3. The molecule has 0 atom stereocenters. The van der Waals surface area contributed by atoms with Crippen molar-refractivity contribution < 1.29 is 27.6 Å². The Morgan fingerprint density at radius 2 is 1.74 bits per heavy atom. The zero-order valence-electron chi connectivity index (χ0n) is 17.8. The van der Waals surface area contributed by atoms with Crippen molar-refractivity contribution in [2.24, 2.45) is 0 Å². The van der Waals surface area contributed by atoms with Crippen molar-refractivity contribution in [1.29, 1.82) is 0 Å². The van der Waals surface area contributed by atoms with E-state index in [2.05, 4.69) is 15.6 Å². The first kappa shape index (κ1) is 24.9. The minimum Gasteiger partial charge on any atom is -0.350 e. The van der Waals surface area contributed by atoms with Crippen LogP contribution in [0.3, 0.4) is 0 Å². The molecule has 1 aromatic heterocycles. The van der Waals surface area contributed by atoms with Gasteiger partial charge in [0.15, 0.2) is 5.13 Å². The molecule has 2 aromatic carbocycles. The van der Waals surface area contributed by atoms with Gasteiger partial charge in [0.05, 0.1) is 5.56 Å². The summed E-state index contributed by atoms with van der Waals surface area (Å²) in [5.41, 5.74) is -0.212. The third-order valence-corrected chi connectivity index (χ3v) is 5.35. The second kappa shape index (κ2) is 11.4. The molecule has 0 spiro atoms. The number of carbonyl (C=O) groups is 3. The standard InChI is InChI=1S/C23H21F3N4O3S/c24-23(25,26)17-7-4-8-18(13-17)30(15-20(32)28-14-16-5-2-1-3-6-16)21(33)10-9-19(31)29-22-27-11-12-34-22/h1-8,11-13H,9-10,14-15H2,(H,28,32)(H,27,29,31). The SMILES string of the molecule is O=C(CN(C(=O)CCC(=O)Nc1nccs1)c1cccc(C(F)(F)F)c1)NCc1ccccc1. The molecule has 1 heterocycles. The first-order valence-corrected chi connectivity index (χ1v) is 11.1. The molecule has 3 amide bonds. The summed E-state index contributed by atoms with van der Waals surface area (Å²) in [4.78, 5) is 42.4. The zero-order valence-corrected chi connectivity index (χ0v) is 18.7. The molecule has 2 N–H and O–H groups in total. The average Bonchev–Trinajstić information content (AvgIpc) is 3.33. The number of nitrogens with one attached hydrogen (secondary N) is 2. The van der Waals surface area contributed by atoms with E-state index in [0.717, 1.165) is 28.7 Å². The molecule has 0 aliphatic rings. The minimum atomic E-state index is -4.62. The number of aromatic nitrogens is 1. The van der Waals surface area contributed by atoms with Gasteiger partial charge in [-0.05, 0) is 23.8 Å². The summed E-state index contributed by atoms with van der Waals surface area (Å²) in [5, 5.41) is 7.23. The molecule has 0 bridgehead atoms. The number of benzene rings is 2. The first-order valence-electron chi connectivity index (χ1n) is 10.2. The van der Waals surface area contributed by atoms with E-state index in [1.54, 1.807) is 29.6 Å². The minimum absolute atomic E-state index is 0.0879. The maximum atomic E-state index is 13.2. The Bertz CT molecular complexity index is 1120. The second-order valence-electron chi connectivity index (χ2n) is 7.18. The van der Waals surface area contributed by atoms with Crippen molar-refractivity contribution in [1.82, 2.24) is 10.3 Å². The fourth-order valence-corrected chi connectivity index (χ4v) is 3.54. The van der Waals surface area contributed by atoms with Gasteiger partial charge in [-0.15, -0.1) is 11.3 Å². The van der Waals surface area contributed by atoms with Crippen LogP contribution in [0.5, 0.6) is 0 Å². The number of nitrogens with zero attached hydrogens (tertiary/aromatic N) is 2. The van der Waals surface area contributed by atoms with Crippen LogP contribution in [0.4, 0.5) is 24.0 Å². The van der Waals surface area contributed by atoms with Crippen molar-refractivity contribution in [2.75, 3.05) is 16.8 Å². The molecule has 178 valence electrons. The third-order valence-electron chi connectivity index (χ3n) is 4.67. The topological polar surface area (TPSA) is 91.4 Å². The molecule has 0 aliphatic heterocycles. The van der Waals surface area contributed by atoms with E-state index in [-0.39, 0.29) is 25.1 Å². The average molecular weight is 491 g/mol. The second-order valence-corrected chi connectivity index (χ2v) is 8.07. The molecule has 3 rings (SSSR count). The zero-order chi connectivity index (χ0) is 24.6. The summed E-state index contributed by atoms with van der Waals surface area (Å²) in [7, 11) is 0. The van der Waals surface area contributed by atoms with Gasteiger partial charge in [0, 0.05) is 36.7 Å². The van der Waals surface area contributed by atoms with Crippen LogP contribution in [0.1, 0.15) is 24.0 Å². The van der Waals surface area contributed by atoms with Crippen molar-refractivity contribution in [3.05, 3.63) is 77.3 Å². The molecule has 0 saturated heterocycles. The lowest BCUT2D eigenvalue weighted by Gasteiger charge is -2.23. The van der Waals surface area contributed by atoms with Gasteiger partial charge in [0.1, 0.15) is 6.54 Å². The van der Waals surface area contributed by atoms with Gasteiger partial charge >= 0.3 is 6.18 Å². The summed E-state index contributed by atoms with van der Waals surface area (Å²) < 4.78 is 39.6. The predicted octanol–water partition coefficient (Wildman–Crippen LogP) is 4.23. The molecular weight excluding hydrogens is 469 g/mol. The molecular formula is C23H21F3N4O3S. The van der Waals surface area contributed by atoms with Crippen LogP contribution in [0.25, 0.3) is 0 Å². The van der Waals surface area contributed by atoms with Gasteiger partial charge in [0.25, 0.3) is 0 Å². The number of hydrogen-bond acceptors (Lipinski definition) is 5. The maximum absolute atomic E-state index is 13.2. The Labute approximate surface area is 197 Å². The summed E-state index contributed by atoms with van der Waals surface area (Å²) in [6, 6.07) is 13.2. The van der Waals surface area contributed by atoms with E-state index >= 15 is 0 Å². The molecule has 0 aliphatic carbocycles. The van der Waals surface area contributed by atoms with Crippen LogP contribution >= 0.6 is 11.3 Å². The third kappa shape index (κ3) is 7.41. The van der Waals surface area contributed by atoms with Crippen LogP contribution in [0.15, 0.2) is 66.2 Å². The van der Waals surface area contributed by atoms with Gasteiger partial charge in [-0.2, -0.15) is 13.2 Å². The van der Waals surface area contributed by atoms with Crippen LogP contribution < -0.4 is 15.5 Å². The van der Waals surface area contributed by atoms with Crippen molar-refractivity contribution in [2.45, 2.75) is 25.6 Å². The Morgan fingerprint density at radius 3 is 2.41 bits per heavy atom. The van der Waals surface area contributed by atoms with E-state index in [4.69, 9.17) is 0 Å². The number of hydrogen-bond donors (Lipinski definition) is 2. The van der Waals surface area contributed by atoms with Gasteiger partial charge in [-0.25, -0.2) is 4.98 Å². The Kier molecular flexibility index (Phi) is 8.36. The largest absolute Gasteiger partial charge is 0.416 e. The molecule has 34 heavy (non-hydrogen) atoms. The number of anilines is 2. The molecule has 0 radical (unpaired) electrons. The van der Waals surface area contributed by atoms with Crippen LogP contribution in [0.2, 0.25) is 0 Å². The van der Waals surface area contributed by atoms with Gasteiger partial charge in [0.2, 0.25) is 17.7 Å². The highest BCUT2D eigenvalue weighted by Crippen LogP contribution is 2.31. The first-order chi connectivity index (χ1) is 16.2. The summed E-state index contributed by atoms with van der Waals surface area (Å²) in [6.07, 6.45) is -3.64. The number of amides is 3. The Balaban J connectivity index is 1.70. The lowest BCUT2D eigenvalue weighted by Crippen LogP contribution is -2.41. The smallest absolute Gasteiger partial charge is 0.350 e. The normalized spacial score (nSPS) is 11.0. The molecule has 3 aromatic rings. The summed E-state index contributed by atoms with van der Waals surface area (Å²) >= 11 is 1.21. The molecule has 0 fully saturated rings. The van der Waals surface area contributed by atoms with Crippen LogP contribution in [0, 0.1) is 0 Å². The van der Waals surface area contributed by atoms with Crippen molar-refractivity contribution >= 4 is 39.9 Å². The van der Waals surface area contributed by atoms with Gasteiger partial charge in [-0.1, -0.05) is 36.4 Å². The highest BCUT2D eigenvalue weighted by Gasteiger charge is 2.31. The van der Waals surface area contributed by atoms with Crippen LogP contribution in [-0.4, -0.2) is 29.3 Å². The number of carbonyl (C=O) groups excluding carboxylic acids is 3.